The maximum Gasteiger partial charge on any atom is 0.385 e. The standard InChI is InChI=1S/C17H27NO5S/c1-6-11-21-16-17(4,5)14-12-13(9-10-15(14)22-16)23-24(19,20)18(7-2)8-3/h9-10,12,16H,6-8,11H2,1-5H3. The van der Waals surface area contributed by atoms with Crippen LogP contribution in [0.4, 0.5) is 0 Å². The van der Waals surface area contributed by atoms with E-state index in [4.69, 9.17) is 13.7 Å². The lowest BCUT2D eigenvalue weighted by Gasteiger charge is -2.25. The van der Waals surface area contributed by atoms with Crippen LogP contribution in [-0.4, -0.2) is 38.7 Å². The molecule has 2 rings (SSSR count). The molecule has 1 aliphatic rings. The summed E-state index contributed by atoms with van der Waals surface area (Å²) in [6.45, 7) is 11.0. The zero-order chi connectivity index (χ0) is 18.0. The molecule has 7 heteroatoms. The fourth-order valence-corrected chi connectivity index (χ4v) is 3.82. The van der Waals surface area contributed by atoms with Crippen molar-refractivity contribution < 1.29 is 22.1 Å². The number of hydrogen-bond donors (Lipinski definition) is 0. The molecule has 0 aliphatic carbocycles. The molecule has 1 aromatic carbocycles. The second-order valence-corrected chi connectivity index (χ2v) is 7.86. The smallest absolute Gasteiger partial charge is 0.385 e. The largest absolute Gasteiger partial charge is 0.464 e. The van der Waals surface area contributed by atoms with E-state index in [1.807, 2.05) is 20.8 Å². The van der Waals surface area contributed by atoms with Crippen molar-refractivity contribution in [2.75, 3.05) is 19.7 Å². The average Bonchev–Trinajstić information content (AvgIpc) is 2.76. The van der Waals surface area contributed by atoms with Gasteiger partial charge >= 0.3 is 10.3 Å². The molecule has 0 fully saturated rings. The number of fused-ring (bicyclic) bond motifs is 1. The van der Waals surface area contributed by atoms with Crippen molar-refractivity contribution in [2.45, 2.75) is 52.7 Å². The van der Waals surface area contributed by atoms with Gasteiger partial charge in [-0.25, -0.2) is 0 Å². The molecule has 1 atom stereocenters. The molecule has 136 valence electrons. The van der Waals surface area contributed by atoms with Gasteiger partial charge in [0, 0.05) is 18.7 Å². The Hall–Kier alpha value is -1.31. The summed E-state index contributed by atoms with van der Waals surface area (Å²) in [6, 6.07) is 5.07. The van der Waals surface area contributed by atoms with Gasteiger partial charge in [0.2, 0.25) is 6.29 Å². The highest BCUT2D eigenvalue weighted by molar-refractivity contribution is 7.84. The maximum atomic E-state index is 12.3. The highest BCUT2D eigenvalue weighted by Crippen LogP contribution is 2.44. The van der Waals surface area contributed by atoms with Gasteiger partial charge < -0.3 is 13.7 Å². The van der Waals surface area contributed by atoms with Gasteiger partial charge in [0.15, 0.2) is 0 Å². The van der Waals surface area contributed by atoms with E-state index in [2.05, 4.69) is 0 Å². The third-order valence-corrected chi connectivity index (χ3v) is 5.72. The number of rotatable bonds is 8. The van der Waals surface area contributed by atoms with Gasteiger partial charge in [0.1, 0.15) is 11.5 Å². The number of ether oxygens (including phenoxy) is 2. The average molecular weight is 357 g/mol. The summed E-state index contributed by atoms with van der Waals surface area (Å²) < 4.78 is 42.7. The molecule has 0 saturated carbocycles. The van der Waals surface area contributed by atoms with Crippen molar-refractivity contribution in [3.8, 4) is 11.5 Å². The first kappa shape index (κ1) is 19.0. The second-order valence-electron chi connectivity index (χ2n) is 6.33. The van der Waals surface area contributed by atoms with E-state index in [0.717, 1.165) is 12.0 Å². The molecule has 0 spiro atoms. The van der Waals surface area contributed by atoms with E-state index in [9.17, 15) is 8.42 Å². The minimum atomic E-state index is -3.80. The van der Waals surface area contributed by atoms with Crippen LogP contribution in [0.2, 0.25) is 0 Å². The van der Waals surface area contributed by atoms with Crippen LogP contribution in [0, 0.1) is 0 Å². The third kappa shape index (κ3) is 3.68. The van der Waals surface area contributed by atoms with Gasteiger partial charge in [-0.15, -0.1) is 0 Å². The molecule has 1 aromatic rings. The lowest BCUT2D eigenvalue weighted by Crippen LogP contribution is -2.35. The van der Waals surface area contributed by atoms with Gasteiger partial charge in [0.05, 0.1) is 12.0 Å². The van der Waals surface area contributed by atoms with E-state index in [1.54, 1.807) is 32.0 Å². The summed E-state index contributed by atoms with van der Waals surface area (Å²) in [5.41, 5.74) is 0.499. The van der Waals surface area contributed by atoms with Gasteiger partial charge in [0.25, 0.3) is 0 Å². The maximum absolute atomic E-state index is 12.3. The van der Waals surface area contributed by atoms with Gasteiger partial charge in [-0.1, -0.05) is 20.8 Å². The quantitative estimate of drug-likeness (QED) is 0.715. The Morgan fingerprint density at radius 2 is 1.88 bits per heavy atom. The van der Waals surface area contributed by atoms with E-state index in [-0.39, 0.29) is 17.5 Å². The van der Waals surface area contributed by atoms with Crippen LogP contribution in [0.25, 0.3) is 0 Å². The fourth-order valence-electron chi connectivity index (χ4n) is 2.74. The molecule has 6 nitrogen and oxygen atoms in total. The van der Waals surface area contributed by atoms with E-state index in [0.29, 0.717) is 25.4 Å². The predicted octanol–water partition coefficient (Wildman–Crippen LogP) is 3.07. The predicted molar refractivity (Wildman–Crippen MR) is 92.6 cm³/mol. The second kappa shape index (κ2) is 7.29. The highest BCUT2D eigenvalue weighted by atomic mass is 32.2. The van der Waals surface area contributed by atoms with E-state index in [1.165, 1.54) is 4.31 Å². The van der Waals surface area contributed by atoms with Gasteiger partial charge in [-0.2, -0.15) is 12.7 Å². The Labute approximate surface area is 145 Å². The molecule has 0 radical (unpaired) electrons. The van der Waals surface area contributed by atoms with E-state index < -0.39 is 10.3 Å². The molecular weight excluding hydrogens is 330 g/mol. The van der Waals surface area contributed by atoms with Crippen molar-refractivity contribution in [1.82, 2.24) is 4.31 Å². The molecular formula is C17H27NO5S. The number of nitrogens with zero attached hydrogens (tertiary/aromatic N) is 1. The summed E-state index contributed by atoms with van der Waals surface area (Å²) in [5.74, 6) is 0.988. The molecule has 0 bridgehead atoms. The summed E-state index contributed by atoms with van der Waals surface area (Å²) in [4.78, 5) is 0. The molecule has 0 saturated heterocycles. The summed E-state index contributed by atoms with van der Waals surface area (Å²) in [7, 11) is -3.80. The highest BCUT2D eigenvalue weighted by Gasteiger charge is 2.43. The Morgan fingerprint density at radius 1 is 1.21 bits per heavy atom. The molecule has 1 heterocycles. The first-order valence-electron chi connectivity index (χ1n) is 8.38. The summed E-state index contributed by atoms with van der Waals surface area (Å²) in [5, 5.41) is 0. The molecule has 0 amide bonds. The fraction of sp³-hybridized carbons (Fsp3) is 0.647. The third-order valence-electron chi connectivity index (χ3n) is 4.16. The Kier molecular flexibility index (Phi) is 5.78. The van der Waals surface area contributed by atoms with Crippen molar-refractivity contribution in [3.05, 3.63) is 23.8 Å². The van der Waals surface area contributed by atoms with Crippen LogP contribution >= 0.6 is 0 Å². The van der Waals surface area contributed by atoms with Crippen LogP contribution in [0.5, 0.6) is 11.5 Å². The Bertz CT molecular complexity index is 668. The number of hydrogen-bond acceptors (Lipinski definition) is 5. The Balaban J connectivity index is 2.25. The normalized spacial score (nSPS) is 19.2. The summed E-state index contributed by atoms with van der Waals surface area (Å²) in [6.07, 6.45) is 0.519. The first-order chi connectivity index (χ1) is 11.3. The van der Waals surface area contributed by atoms with Crippen LogP contribution in [0.15, 0.2) is 18.2 Å². The molecule has 1 unspecified atom stereocenters. The molecule has 0 aromatic heterocycles. The summed E-state index contributed by atoms with van der Waals surface area (Å²) >= 11 is 0. The molecule has 0 N–H and O–H groups in total. The minimum Gasteiger partial charge on any atom is -0.464 e. The van der Waals surface area contributed by atoms with Crippen molar-refractivity contribution in [2.24, 2.45) is 0 Å². The molecule has 24 heavy (non-hydrogen) atoms. The molecule has 1 aliphatic heterocycles. The van der Waals surface area contributed by atoms with Crippen LogP contribution in [-0.2, 0) is 20.5 Å². The van der Waals surface area contributed by atoms with Gasteiger partial charge in [-0.3, -0.25) is 0 Å². The van der Waals surface area contributed by atoms with Crippen molar-refractivity contribution in [1.29, 1.82) is 0 Å². The van der Waals surface area contributed by atoms with Gasteiger partial charge in [-0.05, 0) is 38.5 Å². The SMILES string of the molecule is CCCOC1Oc2ccc(OS(=O)(=O)N(CC)CC)cc2C1(C)C. The topological polar surface area (TPSA) is 65.1 Å². The van der Waals surface area contributed by atoms with E-state index >= 15 is 0 Å². The first-order valence-corrected chi connectivity index (χ1v) is 9.75. The van der Waals surface area contributed by atoms with Crippen LogP contribution < -0.4 is 8.92 Å². The minimum absolute atomic E-state index is 0.286. The zero-order valence-corrected chi connectivity index (χ0v) is 15.9. The van der Waals surface area contributed by atoms with Crippen LogP contribution in [0.3, 0.4) is 0 Å². The van der Waals surface area contributed by atoms with Crippen LogP contribution in [0.1, 0.15) is 46.6 Å². The lowest BCUT2D eigenvalue weighted by atomic mass is 9.85. The van der Waals surface area contributed by atoms with Crippen molar-refractivity contribution >= 4 is 10.3 Å². The van der Waals surface area contributed by atoms with Crippen molar-refractivity contribution in [3.63, 3.8) is 0 Å². The zero-order valence-electron chi connectivity index (χ0n) is 15.0. The Morgan fingerprint density at radius 3 is 2.46 bits per heavy atom. The number of benzene rings is 1. The lowest BCUT2D eigenvalue weighted by molar-refractivity contribution is -0.102. The monoisotopic (exact) mass is 357 g/mol.